The van der Waals surface area contributed by atoms with E-state index in [1.165, 1.54) is 5.57 Å². The summed E-state index contributed by atoms with van der Waals surface area (Å²) in [5.74, 6) is 0.125. The number of hydrogen-bond donors (Lipinski definition) is 2. The van der Waals surface area contributed by atoms with Gasteiger partial charge < -0.3 is 19.1 Å². The predicted octanol–water partition coefficient (Wildman–Crippen LogP) is 4.18. The number of carbonyl (C=O) groups is 1. The lowest BCUT2D eigenvalue weighted by molar-refractivity contribution is 0.0693. The van der Waals surface area contributed by atoms with Crippen LogP contribution in [0.5, 0.6) is 0 Å². The van der Waals surface area contributed by atoms with Crippen molar-refractivity contribution in [2.45, 2.75) is 45.1 Å². The van der Waals surface area contributed by atoms with Crippen molar-refractivity contribution in [3.63, 3.8) is 0 Å². The number of fused-ring (bicyclic) bond motifs is 3. The number of ether oxygens (including phenoxy) is 2. The number of nitrogens with zero attached hydrogens (tertiary/aromatic N) is 1. The first-order valence-corrected chi connectivity index (χ1v) is 9.94. The molecule has 2 N–H and O–H groups in total. The Labute approximate surface area is 169 Å². The van der Waals surface area contributed by atoms with Gasteiger partial charge in [-0.3, -0.25) is 5.41 Å². The molecule has 0 aromatic carbocycles. The minimum Gasteiger partial charge on any atom is -0.490 e. The highest BCUT2D eigenvalue weighted by molar-refractivity contribution is 6.30. The van der Waals surface area contributed by atoms with E-state index in [1.54, 1.807) is 19.4 Å². The van der Waals surface area contributed by atoms with Gasteiger partial charge in [-0.15, -0.1) is 0 Å². The molecule has 152 valence electrons. The molecule has 3 rings (SSSR count). The number of carboxylic acids is 1. The van der Waals surface area contributed by atoms with Crippen LogP contribution in [0.25, 0.3) is 0 Å². The van der Waals surface area contributed by atoms with Gasteiger partial charge in [0.2, 0.25) is 0 Å². The maximum atomic E-state index is 11.5. The molecule has 0 fully saturated rings. The summed E-state index contributed by atoms with van der Waals surface area (Å²) in [4.78, 5) is 11.5. The standard InChI is InChI=1S/C21H27ClN2O4/c1-12(2)6-14-7-13-8-20(28-5-4-27-3)17(22)9-15(13)19-10-18(23)16(21(25)26)11-24(14)19/h8,10-12,14-15,23H,4-7,9H2,1-3H3,(H,25,26). The van der Waals surface area contributed by atoms with E-state index in [-0.39, 0.29) is 22.9 Å². The second kappa shape index (κ2) is 8.53. The number of allylic oxidation sites excluding steroid dienone is 3. The Morgan fingerprint density at radius 3 is 2.79 bits per heavy atom. The normalized spacial score (nSPS) is 21.2. The summed E-state index contributed by atoms with van der Waals surface area (Å²) in [7, 11) is 1.63. The molecule has 2 atom stereocenters. The molecule has 2 aliphatic rings. The highest BCUT2D eigenvalue weighted by atomic mass is 35.5. The minimum absolute atomic E-state index is 0.0329. The van der Waals surface area contributed by atoms with Crippen molar-refractivity contribution in [2.75, 3.05) is 20.3 Å². The Kier molecular flexibility index (Phi) is 6.30. The summed E-state index contributed by atoms with van der Waals surface area (Å²) in [6.07, 6.45) is 5.99. The van der Waals surface area contributed by atoms with E-state index < -0.39 is 5.97 Å². The molecule has 1 aliphatic carbocycles. The van der Waals surface area contributed by atoms with Crippen molar-refractivity contribution in [3.05, 3.63) is 51.3 Å². The molecular weight excluding hydrogens is 380 g/mol. The third kappa shape index (κ3) is 4.18. The Morgan fingerprint density at radius 2 is 2.14 bits per heavy atom. The molecule has 1 aliphatic heterocycles. The monoisotopic (exact) mass is 406 g/mol. The SMILES string of the molecule is COCCOC1=C(Cl)CC2C(=C1)CC(CC(C)C)n1cc(C(=O)O)c(=N)cc12. The maximum absolute atomic E-state index is 11.5. The number of carboxylic acid groups (broad SMARTS) is 1. The lowest BCUT2D eigenvalue weighted by atomic mass is 9.78. The van der Waals surface area contributed by atoms with Crippen molar-refractivity contribution in [2.24, 2.45) is 5.92 Å². The lowest BCUT2D eigenvalue weighted by Gasteiger charge is -2.39. The quantitative estimate of drug-likeness (QED) is 0.665. The average molecular weight is 407 g/mol. The van der Waals surface area contributed by atoms with E-state index in [2.05, 4.69) is 18.4 Å². The zero-order valence-corrected chi connectivity index (χ0v) is 17.3. The smallest absolute Gasteiger partial charge is 0.339 e. The Hall–Kier alpha value is -2.05. The number of halogens is 1. The average Bonchev–Trinajstić information content (AvgIpc) is 2.62. The minimum atomic E-state index is -1.07. The Bertz CT molecular complexity index is 885. The van der Waals surface area contributed by atoms with Gasteiger partial charge in [-0.2, -0.15) is 0 Å². The number of aromatic carboxylic acids is 1. The predicted molar refractivity (Wildman–Crippen MR) is 107 cm³/mol. The lowest BCUT2D eigenvalue weighted by Crippen LogP contribution is -2.31. The topological polar surface area (TPSA) is 84.5 Å². The van der Waals surface area contributed by atoms with Crippen molar-refractivity contribution in [1.29, 1.82) is 5.41 Å². The number of pyridine rings is 1. The van der Waals surface area contributed by atoms with Gasteiger partial charge in [0, 0.05) is 31.0 Å². The number of hydrogen-bond acceptors (Lipinski definition) is 4. The molecule has 28 heavy (non-hydrogen) atoms. The fourth-order valence-electron chi connectivity index (χ4n) is 4.07. The van der Waals surface area contributed by atoms with Crippen LogP contribution in [0.1, 0.15) is 61.1 Å². The summed E-state index contributed by atoms with van der Waals surface area (Å²) in [5.41, 5.74) is 2.21. The number of nitrogens with one attached hydrogen (secondary N) is 1. The zero-order chi connectivity index (χ0) is 20.4. The van der Waals surface area contributed by atoms with E-state index in [4.69, 9.17) is 26.5 Å². The van der Waals surface area contributed by atoms with Gasteiger partial charge in [0.15, 0.2) is 0 Å². The molecular formula is C21H27ClN2O4. The van der Waals surface area contributed by atoms with Gasteiger partial charge in [0.25, 0.3) is 0 Å². The molecule has 0 radical (unpaired) electrons. The molecule has 6 nitrogen and oxygen atoms in total. The second-order valence-corrected chi connectivity index (χ2v) is 8.27. The molecule has 1 aromatic heterocycles. The second-order valence-electron chi connectivity index (χ2n) is 7.81. The third-order valence-electron chi connectivity index (χ3n) is 5.30. The molecule has 0 saturated heterocycles. The van der Waals surface area contributed by atoms with Crippen LogP contribution >= 0.6 is 11.6 Å². The first-order valence-electron chi connectivity index (χ1n) is 9.56. The maximum Gasteiger partial charge on any atom is 0.339 e. The summed E-state index contributed by atoms with van der Waals surface area (Å²) in [6, 6.07) is 1.84. The number of methoxy groups -OCH3 is 1. The highest BCUT2D eigenvalue weighted by Gasteiger charge is 2.34. The Balaban J connectivity index is 2.02. The molecule has 0 spiro atoms. The van der Waals surface area contributed by atoms with Crippen molar-refractivity contribution >= 4 is 17.6 Å². The summed E-state index contributed by atoms with van der Waals surface area (Å²) in [6.45, 7) is 5.26. The van der Waals surface area contributed by atoms with E-state index in [0.717, 1.165) is 18.5 Å². The van der Waals surface area contributed by atoms with Gasteiger partial charge in [-0.1, -0.05) is 31.0 Å². The van der Waals surface area contributed by atoms with Gasteiger partial charge in [0.1, 0.15) is 17.9 Å². The van der Waals surface area contributed by atoms with Crippen molar-refractivity contribution < 1.29 is 19.4 Å². The van der Waals surface area contributed by atoms with Crippen molar-refractivity contribution in [1.82, 2.24) is 4.57 Å². The highest BCUT2D eigenvalue weighted by Crippen LogP contribution is 2.46. The van der Waals surface area contributed by atoms with E-state index in [9.17, 15) is 9.90 Å². The largest absolute Gasteiger partial charge is 0.490 e. The van der Waals surface area contributed by atoms with Crippen LogP contribution in [0.4, 0.5) is 0 Å². The van der Waals surface area contributed by atoms with Gasteiger partial charge in [-0.05, 0) is 37.3 Å². The van der Waals surface area contributed by atoms with E-state index in [0.29, 0.717) is 36.3 Å². The molecule has 2 unspecified atom stereocenters. The van der Waals surface area contributed by atoms with Crippen molar-refractivity contribution in [3.8, 4) is 0 Å². The van der Waals surface area contributed by atoms with Gasteiger partial charge in [0.05, 0.1) is 17.0 Å². The first kappa shape index (κ1) is 20.7. The molecule has 0 saturated carbocycles. The van der Waals surface area contributed by atoms with Crippen LogP contribution in [0.3, 0.4) is 0 Å². The molecule has 0 amide bonds. The van der Waals surface area contributed by atoms with Crippen LogP contribution in [-0.4, -0.2) is 36.0 Å². The van der Waals surface area contributed by atoms with Crippen LogP contribution in [0, 0.1) is 11.3 Å². The van der Waals surface area contributed by atoms with Gasteiger partial charge >= 0.3 is 5.97 Å². The molecule has 7 heteroatoms. The van der Waals surface area contributed by atoms with Crippen LogP contribution in [0.15, 0.2) is 34.7 Å². The zero-order valence-electron chi connectivity index (χ0n) is 16.5. The van der Waals surface area contributed by atoms with E-state index >= 15 is 0 Å². The van der Waals surface area contributed by atoms with Crippen LogP contribution < -0.4 is 5.36 Å². The fraction of sp³-hybridized carbons (Fsp3) is 0.524. The number of rotatable bonds is 7. The fourth-order valence-corrected chi connectivity index (χ4v) is 4.33. The molecule has 0 bridgehead atoms. The summed E-state index contributed by atoms with van der Waals surface area (Å²) in [5, 5.41) is 18.3. The summed E-state index contributed by atoms with van der Waals surface area (Å²) >= 11 is 6.51. The number of aromatic nitrogens is 1. The summed E-state index contributed by atoms with van der Waals surface area (Å²) < 4.78 is 12.9. The third-order valence-corrected chi connectivity index (χ3v) is 5.64. The molecule has 2 heterocycles. The van der Waals surface area contributed by atoms with Crippen LogP contribution in [0.2, 0.25) is 0 Å². The molecule has 1 aromatic rings. The van der Waals surface area contributed by atoms with Gasteiger partial charge in [-0.25, -0.2) is 4.79 Å². The Morgan fingerprint density at radius 1 is 1.39 bits per heavy atom. The first-order chi connectivity index (χ1) is 13.3. The van der Waals surface area contributed by atoms with E-state index in [1.807, 2.05) is 6.08 Å². The van der Waals surface area contributed by atoms with Crippen LogP contribution in [-0.2, 0) is 9.47 Å².